The molecule has 4 rings (SSSR count). The van der Waals surface area contributed by atoms with Crippen LogP contribution in [0.5, 0.6) is 0 Å². The second kappa shape index (κ2) is 7.48. The number of benzene rings is 2. The molecule has 2 aromatic rings. The van der Waals surface area contributed by atoms with E-state index in [1.165, 1.54) is 23.3 Å². The SMILES string of the molecule is O=[N+]([O-])c1ccc([C@@H]2NC(=S)N(Cc3ccccc3)C3=C2CCCC3)cc1. The van der Waals surface area contributed by atoms with Gasteiger partial charge in [0.05, 0.1) is 11.0 Å². The molecule has 1 heterocycles. The highest BCUT2D eigenvalue weighted by molar-refractivity contribution is 7.80. The van der Waals surface area contributed by atoms with E-state index < -0.39 is 0 Å². The van der Waals surface area contributed by atoms with Gasteiger partial charge in [-0.05, 0) is 66.7 Å². The van der Waals surface area contributed by atoms with Crippen molar-refractivity contribution in [2.24, 2.45) is 0 Å². The predicted octanol–water partition coefficient (Wildman–Crippen LogP) is 4.85. The number of allylic oxidation sites excluding steroid dienone is 1. The van der Waals surface area contributed by atoms with Crippen LogP contribution < -0.4 is 5.32 Å². The fraction of sp³-hybridized carbons (Fsp3) is 0.286. The lowest BCUT2D eigenvalue weighted by Crippen LogP contribution is -2.47. The Kier molecular flexibility index (Phi) is 4.90. The summed E-state index contributed by atoms with van der Waals surface area (Å²) in [5.41, 5.74) is 5.04. The van der Waals surface area contributed by atoms with Crippen molar-refractivity contribution in [2.75, 3.05) is 0 Å². The number of nitrogens with zero attached hydrogens (tertiary/aromatic N) is 2. The second-order valence-electron chi connectivity index (χ2n) is 6.98. The van der Waals surface area contributed by atoms with Crippen LogP contribution in [0.3, 0.4) is 0 Å². The number of hydrogen-bond acceptors (Lipinski definition) is 3. The van der Waals surface area contributed by atoms with E-state index in [9.17, 15) is 10.1 Å². The first-order chi connectivity index (χ1) is 13.1. The molecule has 0 aromatic heterocycles. The van der Waals surface area contributed by atoms with Crippen molar-refractivity contribution in [2.45, 2.75) is 38.3 Å². The van der Waals surface area contributed by atoms with Crippen LogP contribution in [0.15, 0.2) is 65.9 Å². The van der Waals surface area contributed by atoms with Crippen molar-refractivity contribution in [3.63, 3.8) is 0 Å². The normalized spacial score (nSPS) is 19.5. The van der Waals surface area contributed by atoms with Crippen LogP contribution in [0.1, 0.15) is 42.9 Å². The summed E-state index contributed by atoms with van der Waals surface area (Å²) in [5.74, 6) is 0. The molecular weight excluding hydrogens is 358 g/mol. The Morgan fingerprint density at radius 1 is 1.07 bits per heavy atom. The number of hydrogen-bond donors (Lipinski definition) is 1. The summed E-state index contributed by atoms with van der Waals surface area (Å²) in [6.07, 6.45) is 4.38. The zero-order chi connectivity index (χ0) is 18.8. The third kappa shape index (κ3) is 3.57. The number of nitro groups is 1. The number of nitrogens with one attached hydrogen (secondary N) is 1. The summed E-state index contributed by atoms with van der Waals surface area (Å²) in [7, 11) is 0. The average Bonchev–Trinajstić information content (AvgIpc) is 2.71. The third-order valence-electron chi connectivity index (χ3n) is 5.29. The van der Waals surface area contributed by atoms with Gasteiger partial charge in [-0.3, -0.25) is 10.1 Å². The molecule has 0 spiro atoms. The molecule has 0 saturated carbocycles. The van der Waals surface area contributed by atoms with Gasteiger partial charge in [0, 0.05) is 24.4 Å². The maximum Gasteiger partial charge on any atom is 0.269 e. The van der Waals surface area contributed by atoms with Crippen LogP contribution in [0.4, 0.5) is 5.69 Å². The molecule has 1 aliphatic heterocycles. The maximum absolute atomic E-state index is 10.9. The van der Waals surface area contributed by atoms with E-state index >= 15 is 0 Å². The summed E-state index contributed by atoms with van der Waals surface area (Å²) in [6.45, 7) is 0.762. The Morgan fingerprint density at radius 2 is 1.78 bits per heavy atom. The number of thiocarbonyl (C=S) groups is 1. The summed E-state index contributed by atoms with van der Waals surface area (Å²) in [6, 6.07) is 17.2. The van der Waals surface area contributed by atoms with Gasteiger partial charge >= 0.3 is 0 Å². The third-order valence-corrected chi connectivity index (χ3v) is 5.63. The molecule has 6 heteroatoms. The molecule has 2 aliphatic rings. The Balaban J connectivity index is 1.68. The van der Waals surface area contributed by atoms with Crippen molar-refractivity contribution < 1.29 is 4.92 Å². The monoisotopic (exact) mass is 379 g/mol. The van der Waals surface area contributed by atoms with Gasteiger partial charge in [0.25, 0.3) is 5.69 Å². The minimum absolute atomic E-state index is 0.000581. The number of non-ortho nitro benzene ring substituents is 1. The van der Waals surface area contributed by atoms with Gasteiger partial charge < -0.3 is 10.2 Å². The molecule has 27 heavy (non-hydrogen) atoms. The maximum atomic E-state index is 10.9. The lowest BCUT2D eigenvalue weighted by molar-refractivity contribution is -0.384. The van der Waals surface area contributed by atoms with Gasteiger partial charge in [0.15, 0.2) is 5.11 Å². The molecule has 1 aliphatic carbocycles. The van der Waals surface area contributed by atoms with E-state index in [2.05, 4.69) is 22.3 Å². The standard InChI is InChI=1S/C21H21N3O2S/c25-24(26)17-12-10-16(11-13-17)20-18-8-4-5-9-19(18)23(21(27)22-20)14-15-6-2-1-3-7-15/h1-3,6-7,10-13,20H,4-5,8-9,14H2,(H,22,27)/t20-/m0/s1. The van der Waals surface area contributed by atoms with E-state index in [0.717, 1.165) is 36.5 Å². The molecule has 0 bridgehead atoms. The second-order valence-corrected chi connectivity index (χ2v) is 7.37. The average molecular weight is 379 g/mol. The first-order valence-electron chi connectivity index (χ1n) is 9.22. The molecule has 0 fully saturated rings. The molecule has 1 N–H and O–H groups in total. The van der Waals surface area contributed by atoms with Gasteiger partial charge in [-0.25, -0.2) is 0 Å². The number of rotatable bonds is 4. The molecular formula is C21H21N3O2S. The lowest BCUT2D eigenvalue weighted by Gasteiger charge is -2.41. The van der Waals surface area contributed by atoms with Crippen molar-refractivity contribution in [3.8, 4) is 0 Å². The van der Waals surface area contributed by atoms with Crippen molar-refractivity contribution >= 4 is 23.0 Å². The summed E-state index contributed by atoms with van der Waals surface area (Å²) in [4.78, 5) is 12.8. The molecule has 0 amide bonds. The van der Waals surface area contributed by atoms with E-state index in [4.69, 9.17) is 12.2 Å². The van der Waals surface area contributed by atoms with Crippen LogP contribution in [0, 0.1) is 10.1 Å². The predicted molar refractivity (Wildman–Crippen MR) is 109 cm³/mol. The highest BCUT2D eigenvalue weighted by atomic mass is 32.1. The van der Waals surface area contributed by atoms with Crippen molar-refractivity contribution in [1.29, 1.82) is 0 Å². The Labute approximate surface area is 163 Å². The van der Waals surface area contributed by atoms with Gasteiger partial charge in [-0.2, -0.15) is 0 Å². The van der Waals surface area contributed by atoms with Crippen LogP contribution in [0.2, 0.25) is 0 Å². The Hall–Kier alpha value is -2.73. The van der Waals surface area contributed by atoms with E-state index in [1.54, 1.807) is 12.1 Å². The highest BCUT2D eigenvalue weighted by Gasteiger charge is 2.33. The zero-order valence-corrected chi connectivity index (χ0v) is 15.7. The summed E-state index contributed by atoms with van der Waals surface area (Å²) in [5, 5.41) is 15.1. The first-order valence-corrected chi connectivity index (χ1v) is 9.62. The van der Waals surface area contributed by atoms with Gasteiger partial charge in [0.2, 0.25) is 0 Å². The van der Waals surface area contributed by atoms with Crippen molar-refractivity contribution in [3.05, 3.63) is 87.1 Å². The van der Waals surface area contributed by atoms with Crippen LogP contribution in [-0.4, -0.2) is 14.9 Å². The Bertz CT molecular complexity index is 893. The zero-order valence-electron chi connectivity index (χ0n) is 14.9. The molecule has 0 saturated heterocycles. The fourth-order valence-electron chi connectivity index (χ4n) is 3.95. The fourth-order valence-corrected chi connectivity index (χ4v) is 4.24. The highest BCUT2D eigenvalue weighted by Crippen LogP contribution is 2.39. The van der Waals surface area contributed by atoms with E-state index in [-0.39, 0.29) is 16.7 Å². The summed E-state index contributed by atoms with van der Waals surface area (Å²) >= 11 is 5.71. The van der Waals surface area contributed by atoms with Gasteiger partial charge in [-0.1, -0.05) is 30.3 Å². The number of nitro benzene ring substituents is 1. The van der Waals surface area contributed by atoms with E-state index in [0.29, 0.717) is 0 Å². The molecule has 0 radical (unpaired) electrons. The summed E-state index contributed by atoms with van der Waals surface area (Å²) < 4.78 is 0. The minimum atomic E-state index is -0.365. The minimum Gasteiger partial charge on any atom is -0.352 e. The largest absolute Gasteiger partial charge is 0.352 e. The molecule has 2 aromatic carbocycles. The topological polar surface area (TPSA) is 58.4 Å². The smallest absolute Gasteiger partial charge is 0.269 e. The molecule has 1 atom stereocenters. The molecule has 138 valence electrons. The van der Waals surface area contributed by atoms with Gasteiger partial charge in [-0.15, -0.1) is 0 Å². The molecule has 0 unspecified atom stereocenters. The van der Waals surface area contributed by atoms with Crippen LogP contribution >= 0.6 is 12.2 Å². The quantitative estimate of drug-likeness (QED) is 0.467. The van der Waals surface area contributed by atoms with Crippen LogP contribution in [0.25, 0.3) is 0 Å². The lowest BCUT2D eigenvalue weighted by atomic mass is 9.85. The Morgan fingerprint density at radius 3 is 2.48 bits per heavy atom. The van der Waals surface area contributed by atoms with Crippen molar-refractivity contribution in [1.82, 2.24) is 10.2 Å². The first kappa shape index (κ1) is 17.7. The molecule has 5 nitrogen and oxygen atoms in total. The van der Waals surface area contributed by atoms with E-state index in [1.807, 2.05) is 30.3 Å². The van der Waals surface area contributed by atoms with Gasteiger partial charge in [0.1, 0.15) is 0 Å². The van der Waals surface area contributed by atoms with Crippen LogP contribution in [-0.2, 0) is 6.54 Å².